The van der Waals surface area contributed by atoms with Crippen LogP contribution in [0.3, 0.4) is 0 Å². The molecule has 2 amide bonds. The molecule has 0 radical (unpaired) electrons. The number of nitriles is 1. The summed E-state index contributed by atoms with van der Waals surface area (Å²) in [6.07, 6.45) is -5.51. The van der Waals surface area contributed by atoms with Crippen LogP contribution in [-0.2, 0) is 20.7 Å². The van der Waals surface area contributed by atoms with Crippen LogP contribution in [0.25, 0.3) is 0 Å². The Balaban J connectivity index is 1.34. The minimum absolute atomic E-state index is 0.0518. The molecule has 0 bridgehead atoms. The molecule has 8 nitrogen and oxygen atoms in total. The number of hydrogen-bond acceptors (Lipinski definition) is 6. The Morgan fingerprint density at radius 3 is 2.51 bits per heavy atom. The number of nitrogens with zero attached hydrogens (tertiary/aromatic N) is 1. The fourth-order valence-corrected chi connectivity index (χ4v) is 4.93. The molecule has 0 spiro atoms. The highest BCUT2D eigenvalue weighted by atomic mass is 19.4. The number of nitrogens with one attached hydrogen (secondary N) is 3. The minimum Gasteiger partial charge on any atom is -0.448 e. The molecule has 0 aliphatic carbocycles. The first-order valence-electron chi connectivity index (χ1n) is 14.2. The lowest BCUT2D eigenvalue weighted by molar-refractivity contribution is -0.124. The van der Waals surface area contributed by atoms with Gasteiger partial charge in [0.2, 0.25) is 5.91 Å². The van der Waals surface area contributed by atoms with Gasteiger partial charge in [0.1, 0.15) is 24.8 Å². The molecule has 45 heavy (non-hydrogen) atoms. The minimum atomic E-state index is -4.54. The summed E-state index contributed by atoms with van der Waals surface area (Å²) in [7, 11) is 0. The van der Waals surface area contributed by atoms with Gasteiger partial charge in [-0.05, 0) is 60.4 Å². The van der Waals surface area contributed by atoms with Crippen molar-refractivity contribution < 1.29 is 41.0 Å². The third-order valence-electron chi connectivity index (χ3n) is 7.21. The largest absolute Gasteiger partial charge is 0.448 e. The maximum atomic E-state index is 14.9. The summed E-state index contributed by atoms with van der Waals surface area (Å²) in [6.45, 7) is -1.24. The van der Waals surface area contributed by atoms with E-state index in [0.29, 0.717) is 35.3 Å². The van der Waals surface area contributed by atoms with Gasteiger partial charge in [-0.25, -0.2) is 13.6 Å². The summed E-state index contributed by atoms with van der Waals surface area (Å²) in [5.74, 6) is -1.84. The number of anilines is 1. The summed E-state index contributed by atoms with van der Waals surface area (Å²) in [5, 5.41) is 16.9. The molecule has 3 aromatic rings. The number of alkyl halides is 3. The van der Waals surface area contributed by atoms with E-state index >= 15 is 0 Å². The van der Waals surface area contributed by atoms with Crippen molar-refractivity contribution in [2.75, 3.05) is 31.6 Å². The molecule has 3 aromatic carbocycles. The van der Waals surface area contributed by atoms with Gasteiger partial charge in [-0.15, -0.1) is 0 Å². The summed E-state index contributed by atoms with van der Waals surface area (Å²) in [6, 6.07) is 18.6. The lowest BCUT2D eigenvalue weighted by atomic mass is 9.87. The SMILES string of the molecule is N#Cc1cccc([C@@H](CC(=O)Nc2cccc(F)c2CC[C@@H]2CN[C@H](COC(=O)NCC(F)(F)F)CO2)c2ccc(F)cc2)c1. The topological polar surface area (TPSA) is 112 Å². The molecular weight excluding hydrogens is 599 g/mol. The number of halogens is 5. The predicted molar refractivity (Wildman–Crippen MR) is 154 cm³/mol. The molecule has 1 aliphatic heterocycles. The number of carbonyl (C=O) groups excluding carboxylic acids is 2. The van der Waals surface area contributed by atoms with Gasteiger partial charge in [0.15, 0.2) is 0 Å². The van der Waals surface area contributed by atoms with Crippen molar-refractivity contribution in [2.24, 2.45) is 0 Å². The maximum absolute atomic E-state index is 14.9. The molecule has 0 unspecified atom stereocenters. The zero-order valence-corrected chi connectivity index (χ0v) is 24.0. The Morgan fingerprint density at radius 2 is 1.82 bits per heavy atom. The molecule has 1 saturated heterocycles. The fourth-order valence-electron chi connectivity index (χ4n) is 4.93. The van der Waals surface area contributed by atoms with Crippen molar-refractivity contribution in [3.05, 3.63) is 101 Å². The number of ether oxygens (including phenoxy) is 2. The Hall–Kier alpha value is -4.54. The van der Waals surface area contributed by atoms with Crippen LogP contribution < -0.4 is 16.0 Å². The van der Waals surface area contributed by atoms with Gasteiger partial charge in [0.05, 0.1) is 30.4 Å². The van der Waals surface area contributed by atoms with Gasteiger partial charge >= 0.3 is 12.3 Å². The van der Waals surface area contributed by atoms with Crippen molar-refractivity contribution in [3.8, 4) is 6.07 Å². The van der Waals surface area contributed by atoms with Gasteiger partial charge in [0, 0.05) is 30.1 Å². The van der Waals surface area contributed by atoms with Gasteiger partial charge in [-0.2, -0.15) is 18.4 Å². The average molecular weight is 631 g/mol. The first kappa shape index (κ1) is 33.4. The summed E-state index contributed by atoms with van der Waals surface area (Å²) < 4.78 is 75.8. The van der Waals surface area contributed by atoms with Gasteiger partial charge in [-0.1, -0.05) is 30.3 Å². The van der Waals surface area contributed by atoms with E-state index in [0.717, 1.165) is 0 Å². The van der Waals surface area contributed by atoms with Crippen LogP contribution in [0.1, 0.15) is 41.0 Å². The van der Waals surface area contributed by atoms with Crippen molar-refractivity contribution in [2.45, 2.75) is 43.5 Å². The zero-order valence-electron chi connectivity index (χ0n) is 24.0. The number of carbonyl (C=O) groups is 2. The molecule has 0 aromatic heterocycles. The number of hydrogen-bond donors (Lipinski definition) is 3. The highest BCUT2D eigenvalue weighted by Gasteiger charge is 2.29. The van der Waals surface area contributed by atoms with E-state index in [9.17, 15) is 36.8 Å². The van der Waals surface area contributed by atoms with Gasteiger partial charge in [0.25, 0.3) is 0 Å². The van der Waals surface area contributed by atoms with Crippen molar-refractivity contribution in [1.82, 2.24) is 10.6 Å². The second-order valence-electron chi connectivity index (χ2n) is 10.5. The number of alkyl carbamates (subject to hydrolysis) is 1. The Kier molecular flexibility index (Phi) is 11.5. The molecule has 1 fully saturated rings. The normalized spacial score (nSPS) is 17.2. The molecule has 3 N–H and O–H groups in total. The lowest BCUT2D eigenvalue weighted by Gasteiger charge is -2.30. The van der Waals surface area contributed by atoms with Crippen LogP contribution in [-0.4, -0.2) is 56.6 Å². The Bertz CT molecular complexity index is 1500. The van der Waals surface area contributed by atoms with E-state index in [1.807, 2.05) is 0 Å². The van der Waals surface area contributed by atoms with E-state index in [4.69, 9.17) is 9.47 Å². The summed E-state index contributed by atoms with van der Waals surface area (Å²) in [4.78, 5) is 24.7. The molecule has 1 heterocycles. The van der Waals surface area contributed by atoms with Crippen LogP contribution in [0.5, 0.6) is 0 Å². The molecule has 4 rings (SSSR count). The maximum Gasteiger partial charge on any atom is 0.407 e. The van der Waals surface area contributed by atoms with Crippen LogP contribution in [0.4, 0.5) is 32.4 Å². The molecule has 0 saturated carbocycles. The van der Waals surface area contributed by atoms with E-state index in [1.165, 1.54) is 24.3 Å². The van der Waals surface area contributed by atoms with Crippen LogP contribution in [0, 0.1) is 23.0 Å². The summed E-state index contributed by atoms with van der Waals surface area (Å²) in [5.41, 5.74) is 2.36. The first-order valence-corrected chi connectivity index (χ1v) is 14.2. The van der Waals surface area contributed by atoms with Gasteiger partial charge < -0.3 is 25.4 Å². The fraction of sp³-hybridized carbons (Fsp3) is 0.344. The molecular formula is C32H31F5N4O4. The third-order valence-corrected chi connectivity index (χ3v) is 7.21. The van der Waals surface area contributed by atoms with Crippen LogP contribution in [0.15, 0.2) is 66.7 Å². The van der Waals surface area contributed by atoms with E-state index in [1.54, 1.807) is 47.8 Å². The molecule has 3 atom stereocenters. The van der Waals surface area contributed by atoms with E-state index in [-0.39, 0.29) is 37.7 Å². The van der Waals surface area contributed by atoms with Crippen LogP contribution in [0.2, 0.25) is 0 Å². The third kappa shape index (κ3) is 10.3. The quantitative estimate of drug-likeness (QED) is 0.239. The Labute approximate surface area is 256 Å². The average Bonchev–Trinajstić information content (AvgIpc) is 3.02. The Morgan fingerprint density at radius 1 is 1.07 bits per heavy atom. The van der Waals surface area contributed by atoms with E-state index < -0.39 is 48.3 Å². The monoisotopic (exact) mass is 630 g/mol. The number of rotatable bonds is 11. The van der Waals surface area contributed by atoms with Crippen molar-refractivity contribution >= 4 is 17.7 Å². The number of morpholine rings is 1. The highest BCUT2D eigenvalue weighted by Crippen LogP contribution is 2.30. The van der Waals surface area contributed by atoms with Crippen molar-refractivity contribution in [3.63, 3.8) is 0 Å². The predicted octanol–water partition coefficient (Wildman–Crippen LogP) is 5.58. The zero-order chi connectivity index (χ0) is 32.4. The number of amides is 2. The summed E-state index contributed by atoms with van der Waals surface area (Å²) >= 11 is 0. The molecule has 1 aliphatic rings. The van der Waals surface area contributed by atoms with E-state index in [2.05, 4.69) is 16.7 Å². The highest BCUT2D eigenvalue weighted by molar-refractivity contribution is 5.92. The lowest BCUT2D eigenvalue weighted by Crippen LogP contribution is -2.49. The molecule has 13 heteroatoms. The standard InChI is InChI=1S/C32H31F5N4O4/c33-23-9-7-21(8-10-23)27(22-4-1-3-20(13-22)15-38)14-30(42)41-29-6-2-5-28(34)26(29)12-11-25-16-39-24(17-44-25)18-45-31(43)40-19-32(35,36)37/h1-10,13,24-25,27,39H,11-12,14,16-19H2,(H,40,43)(H,41,42)/t24-,25+,27-/m0/s1. The second-order valence-corrected chi connectivity index (χ2v) is 10.5. The number of benzene rings is 3. The van der Waals surface area contributed by atoms with Crippen LogP contribution >= 0.6 is 0 Å². The second kappa shape index (κ2) is 15.5. The smallest absolute Gasteiger partial charge is 0.407 e. The molecule has 238 valence electrons. The first-order chi connectivity index (χ1) is 21.5. The van der Waals surface area contributed by atoms with Crippen molar-refractivity contribution in [1.29, 1.82) is 5.26 Å². The van der Waals surface area contributed by atoms with Gasteiger partial charge in [-0.3, -0.25) is 4.79 Å².